The highest BCUT2D eigenvalue weighted by Crippen LogP contribution is 2.63. The summed E-state index contributed by atoms with van der Waals surface area (Å²) in [5.74, 6) is -4.94. The lowest BCUT2D eigenvalue weighted by Gasteiger charge is -2.49. The number of anilines is 1. The van der Waals surface area contributed by atoms with E-state index < -0.39 is 52.6 Å². The van der Waals surface area contributed by atoms with Gasteiger partial charge in [0.25, 0.3) is 0 Å². The molecule has 6 unspecified atom stereocenters. The molecule has 4 aliphatic rings. The molecule has 10 heteroatoms. The number of phenolic OH excluding ortho intramolecular Hbond substituents is 1. The van der Waals surface area contributed by atoms with E-state index in [1.165, 1.54) is 40.5 Å². The van der Waals surface area contributed by atoms with E-state index in [1.807, 2.05) is 23.6 Å². The minimum Gasteiger partial charge on any atom is -0.508 e. The second-order valence-corrected chi connectivity index (χ2v) is 13.1. The van der Waals surface area contributed by atoms with Crippen LogP contribution in [-0.2, 0) is 25.7 Å². The van der Waals surface area contributed by atoms with E-state index in [1.54, 1.807) is 19.1 Å². The Morgan fingerprint density at radius 1 is 1.02 bits per heavy atom. The number of carbonyl (C=O) groups is 4. The molecule has 4 amide bonds. The fourth-order valence-electron chi connectivity index (χ4n) is 7.71. The Morgan fingerprint density at radius 3 is 2.48 bits per heavy atom. The number of nitrogens with zero attached hydrogens (tertiary/aromatic N) is 2. The van der Waals surface area contributed by atoms with Crippen LogP contribution in [0.1, 0.15) is 36.1 Å². The van der Waals surface area contributed by atoms with Gasteiger partial charge in [0.1, 0.15) is 11.6 Å². The zero-order valence-corrected chi connectivity index (χ0v) is 24.1. The normalized spacial score (nSPS) is 30.4. The summed E-state index contributed by atoms with van der Waals surface area (Å²) in [6.07, 6.45) is 2.57. The molecule has 2 aliphatic heterocycles. The average molecular weight is 605 g/mol. The maximum atomic E-state index is 14.3. The third-order valence-electron chi connectivity index (χ3n) is 9.65. The molecule has 42 heavy (non-hydrogen) atoms. The summed E-state index contributed by atoms with van der Waals surface area (Å²) in [7, 11) is 0. The van der Waals surface area contributed by atoms with Crippen LogP contribution in [0.2, 0.25) is 5.02 Å². The van der Waals surface area contributed by atoms with E-state index in [9.17, 15) is 28.7 Å². The van der Waals surface area contributed by atoms with E-state index in [4.69, 9.17) is 11.6 Å². The van der Waals surface area contributed by atoms with Crippen LogP contribution in [0.3, 0.4) is 0 Å². The molecule has 7 rings (SSSR count). The Hall–Kier alpha value is -3.82. The highest BCUT2D eigenvalue weighted by molar-refractivity contribution is 7.09. The standard InChI is InChI=1S/C32H26ClFN2O5S/c1-32-23(29(39)36(31(32)41)17-6-11-25(34)24(33)13-17)14-22-20(27(32)16-4-7-18(37)8-5-16)9-10-21-26(22)30(40)35(28(21)38)15-19-3-2-12-42-19/h2-9,11-13,21-23,26-27,37H,10,14-15H2,1H3. The summed E-state index contributed by atoms with van der Waals surface area (Å²) in [6, 6.07) is 14.1. The number of hydrogen-bond acceptors (Lipinski definition) is 6. The highest BCUT2D eigenvalue weighted by atomic mass is 35.5. The average Bonchev–Trinajstić information content (AvgIpc) is 3.62. The summed E-state index contributed by atoms with van der Waals surface area (Å²) in [4.78, 5) is 59.2. The smallest absolute Gasteiger partial charge is 0.241 e. The Balaban J connectivity index is 1.34. The molecule has 1 N–H and O–H groups in total. The van der Waals surface area contributed by atoms with Crippen molar-refractivity contribution in [1.29, 1.82) is 0 Å². The Labute approximate surface area is 250 Å². The van der Waals surface area contributed by atoms with Gasteiger partial charge >= 0.3 is 0 Å². The lowest BCUT2D eigenvalue weighted by Crippen LogP contribution is -2.48. The first-order valence-electron chi connectivity index (χ1n) is 13.8. The molecule has 0 spiro atoms. The third-order valence-corrected chi connectivity index (χ3v) is 10.8. The molecule has 2 aromatic carbocycles. The third kappa shape index (κ3) is 3.76. The van der Waals surface area contributed by atoms with Crippen LogP contribution in [0.25, 0.3) is 0 Å². The number of thiophene rings is 1. The minimum atomic E-state index is -1.23. The molecule has 1 saturated carbocycles. The van der Waals surface area contributed by atoms with E-state index >= 15 is 0 Å². The van der Waals surface area contributed by atoms with Gasteiger partial charge in [-0.1, -0.05) is 41.4 Å². The molecule has 3 fully saturated rings. The van der Waals surface area contributed by atoms with E-state index in [-0.39, 0.29) is 41.2 Å². The van der Waals surface area contributed by atoms with Crippen molar-refractivity contribution in [3.8, 4) is 5.75 Å². The van der Waals surface area contributed by atoms with Crippen molar-refractivity contribution in [2.45, 2.75) is 32.2 Å². The zero-order valence-electron chi connectivity index (χ0n) is 22.5. The number of aromatic hydroxyl groups is 1. The van der Waals surface area contributed by atoms with Gasteiger partial charge in [-0.25, -0.2) is 9.29 Å². The number of halogens is 2. The first-order chi connectivity index (χ1) is 20.1. The van der Waals surface area contributed by atoms with Gasteiger partial charge < -0.3 is 5.11 Å². The molecule has 3 heterocycles. The van der Waals surface area contributed by atoms with Gasteiger partial charge in [-0.3, -0.25) is 24.1 Å². The zero-order chi connectivity index (χ0) is 29.5. The predicted octanol–water partition coefficient (Wildman–Crippen LogP) is 5.68. The molecule has 0 radical (unpaired) electrons. The van der Waals surface area contributed by atoms with Gasteiger partial charge in [0.2, 0.25) is 23.6 Å². The van der Waals surface area contributed by atoms with Crippen molar-refractivity contribution < 1.29 is 28.7 Å². The molecule has 1 aromatic heterocycles. The topological polar surface area (TPSA) is 95.0 Å². The Kier molecular flexibility index (Phi) is 6.18. The number of rotatable bonds is 4. The molecule has 7 nitrogen and oxygen atoms in total. The van der Waals surface area contributed by atoms with E-state index in [0.29, 0.717) is 6.42 Å². The largest absolute Gasteiger partial charge is 0.508 e. The van der Waals surface area contributed by atoms with Gasteiger partial charge in [-0.2, -0.15) is 0 Å². The van der Waals surface area contributed by atoms with Crippen LogP contribution >= 0.6 is 22.9 Å². The summed E-state index contributed by atoms with van der Waals surface area (Å²) in [5.41, 5.74) is 0.536. The Bertz CT molecular complexity index is 1690. The van der Waals surface area contributed by atoms with Crippen LogP contribution in [0.5, 0.6) is 5.75 Å². The van der Waals surface area contributed by atoms with Gasteiger partial charge in [0, 0.05) is 10.8 Å². The maximum Gasteiger partial charge on any atom is 0.241 e. The number of phenols is 1. The van der Waals surface area contributed by atoms with Crippen LogP contribution in [0.4, 0.5) is 10.1 Å². The lowest BCUT2D eigenvalue weighted by atomic mass is 9.51. The number of carbonyl (C=O) groups excluding carboxylic acids is 4. The number of imide groups is 2. The monoisotopic (exact) mass is 604 g/mol. The number of amides is 4. The fourth-order valence-corrected chi connectivity index (χ4v) is 8.58. The Morgan fingerprint density at radius 2 is 1.79 bits per heavy atom. The van der Waals surface area contributed by atoms with Crippen molar-refractivity contribution >= 4 is 52.3 Å². The number of likely N-dealkylation sites (tertiary alicyclic amines) is 1. The fraction of sp³-hybridized carbons (Fsp3) is 0.312. The SMILES string of the molecule is CC12C(=O)N(c3ccc(F)c(Cl)c3)C(=O)C1CC1C(=CCC3C(=O)N(Cc4cccs4)C(=O)C31)C2c1ccc(O)cc1. The molecular formula is C32H26ClFN2O5S. The second-order valence-electron chi connectivity index (χ2n) is 11.7. The summed E-state index contributed by atoms with van der Waals surface area (Å²) < 4.78 is 14.0. The lowest BCUT2D eigenvalue weighted by molar-refractivity contribution is -0.141. The van der Waals surface area contributed by atoms with Gasteiger partial charge in [-0.05, 0) is 73.0 Å². The first-order valence-corrected chi connectivity index (χ1v) is 15.1. The molecule has 2 aliphatic carbocycles. The predicted molar refractivity (Wildman–Crippen MR) is 154 cm³/mol. The molecular weight excluding hydrogens is 579 g/mol. The summed E-state index contributed by atoms with van der Waals surface area (Å²) >= 11 is 7.52. The molecule has 2 saturated heterocycles. The maximum absolute atomic E-state index is 14.3. The summed E-state index contributed by atoms with van der Waals surface area (Å²) in [6.45, 7) is 1.98. The number of hydrogen-bond donors (Lipinski definition) is 1. The number of fused-ring (bicyclic) bond motifs is 4. The van der Waals surface area contributed by atoms with Crippen molar-refractivity contribution in [2.75, 3.05) is 4.90 Å². The van der Waals surface area contributed by atoms with Gasteiger partial charge in [0.15, 0.2) is 0 Å². The molecule has 3 aromatic rings. The van der Waals surface area contributed by atoms with Gasteiger partial charge in [-0.15, -0.1) is 11.3 Å². The number of benzene rings is 2. The molecule has 0 bridgehead atoms. The van der Waals surface area contributed by atoms with Crippen molar-refractivity contribution in [3.05, 3.63) is 92.9 Å². The quantitative estimate of drug-likeness (QED) is 0.306. The van der Waals surface area contributed by atoms with Crippen LogP contribution in [0.15, 0.2) is 71.6 Å². The van der Waals surface area contributed by atoms with Crippen LogP contribution < -0.4 is 4.90 Å². The van der Waals surface area contributed by atoms with Crippen LogP contribution in [-0.4, -0.2) is 33.6 Å². The van der Waals surface area contributed by atoms with E-state index in [0.717, 1.165) is 27.0 Å². The number of allylic oxidation sites excluding steroid dienone is 2. The highest BCUT2D eigenvalue weighted by Gasteiger charge is 2.67. The van der Waals surface area contributed by atoms with E-state index in [2.05, 4.69) is 0 Å². The first kappa shape index (κ1) is 27.0. The van der Waals surface area contributed by atoms with Crippen molar-refractivity contribution in [1.82, 2.24) is 4.90 Å². The van der Waals surface area contributed by atoms with Crippen molar-refractivity contribution in [3.63, 3.8) is 0 Å². The molecule has 214 valence electrons. The van der Waals surface area contributed by atoms with Crippen molar-refractivity contribution in [2.24, 2.45) is 29.1 Å². The minimum absolute atomic E-state index is 0.0580. The second kappa shape index (κ2) is 9.61. The van der Waals surface area contributed by atoms with Gasteiger partial charge in [0.05, 0.1) is 40.4 Å². The van der Waals surface area contributed by atoms with Crippen LogP contribution in [0, 0.1) is 34.9 Å². The summed E-state index contributed by atoms with van der Waals surface area (Å²) in [5, 5.41) is 11.7. The molecule has 6 atom stereocenters.